The second kappa shape index (κ2) is 14.9. The molecule has 0 spiro atoms. The fourth-order valence-corrected chi connectivity index (χ4v) is 1.85. The molecule has 0 fully saturated rings. The van der Waals surface area contributed by atoms with Crippen LogP contribution >= 0.6 is 0 Å². The Labute approximate surface area is 170 Å². The molecule has 0 radical (unpaired) electrons. The van der Waals surface area contributed by atoms with Crippen molar-refractivity contribution < 1.29 is 58.6 Å². The summed E-state index contributed by atoms with van der Waals surface area (Å²) < 4.78 is 4.52. The quantitative estimate of drug-likeness (QED) is 0.247. The van der Waals surface area contributed by atoms with Crippen LogP contribution in [0.2, 0.25) is 0 Å². The number of imide groups is 1. The van der Waals surface area contributed by atoms with Gasteiger partial charge in [-0.2, -0.15) is 0 Å². The van der Waals surface area contributed by atoms with E-state index in [4.69, 9.17) is 0 Å². The van der Waals surface area contributed by atoms with Crippen molar-refractivity contribution in [2.45, 2.75) is 52.0 Å². The van der Waals surface area contributed by atoms with Crippen LogP contribution in [0.25, 0.3) is 0 Å². The van der Waals surface area contributed by atoms with Crippen molar-refractivity contribution in [2.24, 2.45) is 0 Å². The summed E-state index contributed by atoms with van der Waals surface area (Å²) in [4.78, 5) is 47.9. The summed E-state index contributed by atoms with van der Waals surface area (Å²) in [6.07, 6.45) is 7.43. The topological polar surface area (TPSA) is 104 Å². The van der Waals surface area contributed by atoms with E-state index in [0.717, 1.165) is 32.1 Å². The van der Waals surface area contributed by atoms with Crippen LogP contribution in [0.3, 0.4) is 0 Å². The van der Waals surface area contributed by atoms with E-state index in [9.17, 15) is 24.3 Å². The van der Waals surface area contributed by atoms with E-state index in [1.807, 2.05) is 13.8 Å². The third-order valence-corrected chi connectivity index (χ3v) is 3.05. The molecule has 0 aliphatic carbocycles. The van der Waals surface area contributed by atoms with Gasteiger partial charge in [0.25, 0.3) is 11.8 Å². The van der Waals surface area contributed by atoms with Gasteiger partial charge >= 0.3 is 35.5 Å². The van der Waals surface area contributed by atoms with Crippen LogP contribution in [0.1, 0.15) is 46.0 Å². The molecule has 8 heteroatoms. The Morgan fingerprint density at radius 1 is 1.00 bits per heavy atom. The molecule has 2 amide bonds. The number of rotatable bonds is 10. The van der Waals surface area contributed by atoms with Gasteiger partial charge in [0.15, 0.2) is 0 Å². The number of carbonyl (C=O) groups excluding carboxylic acids is 4. The number of hydrogen-bond acceptors (Lipinski definition) is 6. The Kier molecular flexibility index (Phi) is 15.3. The van der Waals surface area contributed by atoms with E-state index in [1.54, 1.807) is 12.2 Å². The molecule has 0 aromatic heterocycles. The first-order chi connectivity index (χ1) is 11.4. The van der Waals surface area contributed by atoms with Gasteiger partial charge in [0.1, 0.15) is 6.04 Å². The van der Waals surface area contributed by atoms with Crippen molar-refractivity contribution in [1.29, 1.82) is 0 Å². The summed E-state index contributed by atoms with van der Waals surface area (Å²) in [6, 6.07) is -1.57. The normalized spacial score (nSPS) is 11.8. The van der Waals surface area contributed by atoms with Gasteiger partial charge in [0.2, 0.25) is 0 Å². The first-order valence-corrected chi connectivity index (χ1v) is 7.86. The molecule has 0 heterocycles. The van der Waals surface area contributed by atoms with Crippen LogP contribution in [0, 0.1) is 0 Å². The number of carboxylic acids is 1. The van der Waals surface area contributed by atoms with Gasteiger partial charge in [-0.25, -0.2) is 4.79 Å². The largest absolute Gasteiger partial charge is 1.00 e. The van der Waals surface area contributed by atoms with Gasteiger partial charge in [-0.05, 0) is 25.0 Å². The summed E-state index contributed by atoms with van der Waals surface area (Å²) in [5, 5.41) is 10.9. The van der Waals surface area contributed by atoms with E-state index in [1.165, 1.54) is 0 Å². The third kappa shape index (κ3) is 10.2. The molecule has 25 heavy (non-hydrogen) atoms. The zero-order valence-electron chi connectivity index (χ0n) is 15.3. The smallest absolute Gasteiger partial charge is 0.550 e. The van der Waals surface area contributed by atoms with Gasteiger partial charge in [0, 0.05) is 12.4 Å². The molecule has 1 unspecified atom stereocenters. The van der Waals surface area contributed by atoms with Crippen LogP contribution in [0.4, 0.5) is 0 Å². The van der Waals surface area contributed by atoms with Crippen molar-refractivity contribution in [3.05, 3.63) is 24.3 Å². The minimum absolute atomic E-state index is 0. The molecule has 0 aromatic carbocycles. The van der Waals surface area contributed by atoms with Crippen molar-refractivity contribution in [3.8, 4) is 0 Å². The van der Waals surface area contributed by atoms with Gasteiger partial charge in [-0.1, -0.05) is 38.8 Å². The maximum Gasteiger partial charge on any atom is 1.00 e. The molecule has 0 aliphatic rings. The molecule has 7 nitrogen and oxygen atoms in total. The van der Waals surface area contributed by atoms with Gasteiger partial charge in [-0.3, -0.25) is 14.5 Å². The first-order valence-electron chi connectivity index (χ1n) is 7.86. The van der Waals surface area contributed by atoms with Crippen molar-refractivity contribution in [3.63, 3.8) is 0 Å². The summed E-state index contributed by atoms with van der Waals surface area (Å²) in [5.74, 6) is -4.10. The molecule has 0 aliphatic heterocycles. The van der Waals surface area contributed by atoms with Gasteiger partial charge < -0.3 is 14.6 Å². The number of nitrogens with zero attached hydrogens (tertiary/aromatic N) is 1. The van der Waals surface area contributed by atoms with E-state index in [0.29, 0.717) is 17.7 Å². The fraction of sp³-hybridized carbons (Fsp3) is 0.529. The second-order valence-corrected chi connectivity index (χ2v) is 5.04. The average Bonchev–Trinajstić information content (AvgIpc) is 2.53. The molecular weight excluding hydrogens is 337 g/mol. The maximum absolute atomic E-state index is 12.3. The van der Waals surface area contributed by atoms with E-state index < -0.39 is 36.2 Å². The average molecular weight is 361 g/mol. The Morgan fingerprint density at radius 2 is 1.44 bits per heavy atom. The summed E-state index contributed by atoms with van der Waals surface area (Å²) >= 11 is 0. The number of allylic oxidation sites excluding steroid dienone is 2. The second-order valence-electron chi connectivity index (χ2n) is 5.04. The van der Waals surface area contributed by atoms with Crippen molar-refractivity contribution >= 4 is 23.8 Å². The molecule has 0 aromatic rings. The van der Waals surface area contributed by atoms with Gasteiger partial charge in [-0.15, -0.1) is 0 Å². The van der Waals surface area contributed by atoms with E-state index in [-0.39, 0.29) is 29.6 Å². The number of aliphatic carboxylic acids is 1. The molecule has 134 valence electrons. The van der Waals surface area contributed by atoms with Crippen LogP contribution in [0.5, 0.6) is 0 Å². The number of esters is 1. The minimum Gasteiger partial charge on any atom is -0.550 e. The molecular formula is C17H24NNaO6. The summed E-state index contributed by atoms with van der Waals surface area (Å²) in [7, 11) is 1.05. The SMILES string of the molecule is CCC/C=C/C(=O)N(C(=O)/C=C/CCC)C(CC(=O)[O-])C(=O)OC.[Na+]. The maximum atomic E-state index is 12.3. The zero-order valence-corrected chi connectivity index (χ0v) is 17.3. The molecule has 1 atom stereocenters. The number of methoxy groups -OCH3 is 1. The van der Waals surface area contributed by atoms with Crippen LogP contribution < -0.4 is 34.7 Å². The fourth-order valence-electron chi connectivity index (χ4n) is 1.85. The van der Waals surface area contributed by atoms with E-state index >= 15 is 0 Å². The van der Waals surface area contributed by atoms with Crippen molar-refractivity contribution in [1.82, 2.24) is 4.90 Å². The van der Waals surface area contributed by atoms with Crippen LogP contribution in [-0.4, -0.2) is 41.8 Å². The number of amides is 2. The monoisotopic (exact) mass is 361 g/mol. The van der Waals surface area contributed by atoms with Crippen LogP contribution in [0.15, 0.2) is 24.3 Å². The number of ether oxygens (including phenoxy) is 1. The Balaban J connectivity index is 0. The third-order valence-electron chi connectivity index (χ3n) is 3.05. The predicted molar refractivity (Wildman–Crippen MR) is 85.4 cm³/mol. The summed E-state index contributed by atoms with van der Waals surface area (Å²) in [5.41, 5.74) is 0. The number of carbonyl (C=O) groups is 4. The minimum atomic E-state index is -1.57. The first kappa shape index (κ1) is 25.8. The standard InChI is InChI=1S/C17H25NO6.Na/c1-4-6-8-10-14(19)18(15(20)11-9-7-5-2)13(12-16(21)22)17(23)24-3;/h8-11,13H,4-7,12H2,1-3H3,(H,21,22);/q;+1/p-1/b10-8+,11-9+;. The van der Waals surface area contributed by atoms with Gasteiger partial charge in [0.05, 0.1) is 7.11 Å². The van der Waals surface area contributed by atoms with Crippen molar-refractivity contribution in [2.75, 3.05) is 7.11 Å². The van der Waals surface area contributed by atoms with E-state index in [2.05, 4.69) is 4.74 Å². The Hall–Kier alpha value is -1.44. The number of unbranched alkanes of at least 4 members (excludes halogenated alkanes) is 2. The zero-order chi connectivity index (χ0) is 18.5. The van der Waals surface area contributed by atoms with Crippen LogP contribution in [-0.2, 0) is 23.9 Å². The molecule has 0 saturated heterocycles. The predicted octanol–water partition coefficient (Wildman–Crippen LogP) is -2.26. The number of carboxylic acid groups (broad SMARTS) is 1. The Bertz CT molecular complexity index is 487. The Morgan fingerprint density at radius 3 is 1.76 bits per heavy atom. The molecule has 0 saturated carbocycles. The molecule has 0 bridgehead atoms. The summed E-state index contributed by atoms with van der Waals surface area (Å²) in [6.45, 7) is 3.83. The number of hydrogen-bond donors (Lipinski definition) is 0. The molecule has 0 N–H and O–H groups in total. The molecule has 0 rings (SSSR count).